The van der Waals surface area contributed by atoms with Crippen molar-refractivity contribution >= 4 is 22.9 Å². The van der Waals surface area contributed by atoms with Crippen LogP contribution in [-0.4, -0.2) is 46.8 Å². The highest BCUT2D eigenvalue weighted by Crippen LogP contribution is 2.22. The Labute approximate surface area is 191 Å². The summed E-state index contributed by atoms with van der Waals surface area (Å²) in [6.45, 7) is 6.52. The van der Waals surface area contributed by atoms with E-state index in [1.54, 1.807) is 12.1 Å². The van der Waals surface area contributed by atoms with Crippen LogP contribution in [-0.2, 0) is 13.2 Å². The zero-order valence-electron chi connectivity index (χ0n) is 17.9. The number of rotatable bonds is 7. The first-order chi connectivity index (χ1) is 15.5. The van der Waals surface area contributed by atoms with Gasteiger partial charge in [-0.25, -0.2) is 0 Å². The second-order valence-corrected chi connectivity index (χ2v) is 8.76. The maximum atomic E-state index is 12.9. The zero-order valence-corrected chi connectivity index (χ0v) is 18.7. The van der Waals surface area contributed by atoms with Crippen LogP contribution in [0.25, 0.3) is 0 Å². The van der Waals surface area contributed by atoms with E-state index in [0.29, 0.717) is 17.2 Å². The second-order valence-electron chi connectivity index (χ2n) is 7.85. The maximum Gasteiger partial charge on any atom is 0.269 e. The number of thiophene rings is 1. The number of hydrogen-bond acceptors (Lipinski definition) is 6. The van der Waals surface area contributed by atoms with Crippen LogP contribution >= 0.6 is 11.3 Å². The summed E-state index contributed by atoms with van der Waals surface area (Å²) in [5.74, 6) is 0.617. The molecule has 1 amide bonds. The average Bonchev–Trinajstić information content (AvgIpc) is 3.29. The van der Waals surface area contributed by atoms with E-state index >= 15 is 0 Å². The molecule has 1 fully saturated rings. The molecule has 166 valence electrons. The smallest absolute Gasteiger partial charge is 0.269 e. The zero-order chi connectivity index (χ0) is 22.5. The number of nitro groups is 1. The number of carbonyl (C=O) groups is 1. The predicted octanol–water partition coefficient (Wildman–Crippen LogP) is 4.50. The van der Waals surface area contributed by atoms with Gasteiger partial charge in [0.05, 0.1) is 9.80 Å². The van der Waals surface area contributed by atoms with Crippen molar-refractivity contribution in [3.8, 4) is 5.75 Å². The number of carbonyl (C=O) groups excluding carboxylic acids is 1. The number of ether oxygens (including phenoxy) is 1. The first-order valence-electron chi connectivity index (χ1n) is 10.5. The normalized spacial score (nSPS) is 14.3. The summed E-state index contributed by atoms with van der Waals surface area (Å²) >= 11 is 1.42. The van der Waals surface area contributed by atoms with E-state index in [2.05, 4.69) is 36.1 Å². The molecule has 0 atom stereocenters. The lowest BCUT2D eigenvalue weighted by molar-refractivity contribution is -0.384. The van der Waals surface area contributed by atoms with E-state index in [1.165, 1.54) is 34.6 Å². The fraction of sp³-hybridized carbons (Fsp3) is 0.292. The summed E-state index contributed by atoms with van der Waals surface area (Å²) in [6.07, 6.45) is 0. The van der Waals surface area contributed by atoms with Crippen LogP contribution in [0.1, 0.15) is 26.4 Å². The quantitative estimate of drug-likeness (QED) is 0.390. The van der Waals surface area contributed by atoms with Crippen molar-refractivity contribution in [2.45, 2.75) is 20.1 Å². The Balaban J connectivity index is 1.27. The molecule has 8 heteroatoms. The lowest BCUT2D eigenvalue weighted by atomic mass is 10.1. The molecular weight excluding hydrogens is 426 g/mol. The van der Waals surface area contributed by atoms with E-state index in [1.807, 2.05) is 16.3 Å². The van der Waals surface area contributed by atoms with Gasteiger partial charge in [0.15, 0.2) is 0 Å². The summed E-state index contributed by atoms with van der Waals surface area (Å²) in [5, 5.41) is 12.7. The molecular formula is C24H25N3O4S. The lowest BCUT2D eigenvalue weighted by Crippen LogP contribution is -2.48. The summed E-state index contributed by atoms with van der Waals surface area (Å²) in [4.78, 5) is 28.2. The third-order valence-electron chi connectivity index (χ3n) is 5.63. The Bertz CT molecular complexity index is 1090. The Morgan fingerprint density at radius 2 is 1.81 bits per heavy atom. The van der Waals surface area contributed by atoms with Gasteiger partial charge in [-0.15, -0.1) is 11.3 Å². The predicted molar refractivity (Wildman–Crippen MR) is 124 cm³/mol. The van der Waals surface area contributed by atoms with Crippen molar-refractivity contribution in [2.75, 3.05) is 26.2 Å². The molecule has 0 aliphatic carbocycles. The van der Waals surface area contributed by atoms with Gasteiger partial charge in [-0.2, -0.15) is 0 Å². The number of non-ortho nitro benzene ring substituents is 1. The van der Waals surface area contributed by atoms with Crippen molar-refractivity contribution in [3.05, 3.63) is 91.7 Å². The van der Waals surface area contributed by atoms with Crippen LogP contribution in [0.4, 0.5) is 5.69 Å². The number of nitrogens with zero attached hydrogens (tertiary/aromatic N) is 3. The minimum Gasteiger partial charge on any atom is -0.489 e. The van der Waals surface area contributed by atoms with Crippen molar-refractivity contribution in [2.24, 2.45) is 0 Å². The molecule has 1 aliphatic heterocycles. The van der Waals surface area contributed by atoms with E-state index in [9.17, 15) is 14.9 Å². The minimum absolute atomic E-state index is 0.0276. The molecule has 0 spiro atoms. The van der Waals surface area contributed by atoms with Gasteiger partial charge >= 0.3 is 0 Å². The van der Waals surface area contributed by atoms with E-state index in [0.717, 1.165) is 38.3 Å². The molecule has 1 aliphatic rings. The number of hydrogen-bond donors (Lipinski definition) is 0. The fourth-order valence-electron chi connectivity index (χ4n) is 3.69. The minimum atomic E-state index is -0.441. The lowest BCUT2D eigenvalue weighted by Gasteiger charge is -2.34. The summed E-state index contributed by atoms with van der Waals surface area (Å²) < 4.78 is 5.70. The molecule has 2 aromatic carbocycles. The molecule has 0 radical (unpaired) electrons. The molecule has 32 heavy (non-hydrogen) atoms. The Kier molecular flexibility index (Phi) is 6.82. The molecule has 2 heterocycles. The van der Waals surface area contributed by atoms with Crippen molar-refractivity contribution in [1.29, 1.82) is 0 Å². The molecule has 1 saturated heterocycles. The van der Waals surface area contributed by atoms with Crippen LogP contribution in [0, 0.1) is 17.0 Å². The van der Waals surface area contributed by atoms with Crippen molar-refractivity contribution in [1.82, 2.24) is 9.80 Å². The van der Waals surface area contributed by atoms with Gasteiger partial charge in [0.25, 0.3) is 11.6 Å². The van der Waals surface area contributed by atoms with Gasteiger partial charge < -0.3 is 9.64 Å². The third-order valence-corrected chi connectivity index (χ3v) is 6.60. The Morgan fingerprint density at radius 3 is 2.50 bits per heavy atom. The van der Waals surface area contributed by atoms with Crippen LogP contribution in [0.15, 0.2) is 60.0 Å². The summed E-state index contributed by atoms with van der Waals surface area (Å²) in [7, 11) is 0. The second kappa shape index (κ2) is 9.93. The topological polar surface area (TPSA) is 75.9 Å². The summed E-state index contributed by atoms with van der Waals surface area (Å²) in [6, 6.07) is 16.3. The van der Waals surface area contributed by atoms with Crippen LogP contribution < -0.4 is 4.74 Å². The number of aryl methyl sites for hydroxylation is 1. The molecule has 0 bridgehead atoms. The Morgan fingerprint density at radius 1 is 1.09 bits per heavy atom. The van der Waals surface area contributed by atoms with E-state index in [-0.39, 0.29) is 11.6 Å². The first kappa shape index (κ1) is 22.0. The molecule has 0 N–H and O–H groups in total. The molecule has 7 nitrogen and oxygen atoms in total. The van der Waals surface area contributed by atoms with Crippen LogP contribution in [0.3, 0.4) is 0 Å². The highest BCUT2D eigenvalue weighted by atomic mass is 32.1. The van der Waals surface area contributed by atoms with Crippen molar-refractivity contribution in [3.63, 3.8) is 0 Å². The number of amides is 1. The van der Waals surface area contributed by atoms with Gasteiger partial charge in [-0.05, 0) is 41.6 Å². The first-order valence-corrected chi connectivity index (χ1v) is 11.4. The average molecular weight is 452 g/mol. The number of piperazine rings is 1. The fourth-order valence-corrected chi connectivity index (χ4v) is 4.55. The monoisotopic (exact) mass is 451 g/mol. The van der Waals surface area contributed by atoms with E-state index in [4.69, 9.17) is 4.74 Å². The van der Waals surface area contributed by atoms with Gasteiger partial charge in [0, 0.05) is 50.4 Å². The van der Waals surface area contributed by atoms with Gasteiger partial charge in [-0.1, -0.05) is 24.3 Å². The van der Waals surface area contributed by atoms with E-state index < -0.39 is 4.92 Å². The third kappa shape index (κ3) is 5.33. The van der Waals surface area contributed by atoms with Gasteiger partial charge in [-0.3, -0.25) is 19.8 Å². The number of nitro benzene ring substituents is 1. The summed E-state index contributed by atoms with van der Waals surface area (Å²) in [5.41, 5.74) is 3.57. The van der Waals surface area contributed by atoms with Crippen LogP contribution in [0.2, 0.25) is 0 Å². The molecule has 1 aromatic heterocycles. The number of benzene rings is 2. The molecule has 0 unspecified atom stereocenters. The van der Waals surface area contributed by atoms with Gasteiger partial charge in [0.1, 0.15) is 12.4 Å². The highest BCUT2D eigenvalue weighted by Gasteiger charge is 2.23. The molecule has 3 aromatic rings. The maximum absolute atomic E-state index is 12.9. The SMILES string of the molecule is Cc1ccccc1CN1CCN(C(=O)c2cc(COc3ccc([N+](=O)[O-])cc3)cs2)CC1. The van der Waals surface area contributed by atoms with Crippen LogP contribution in [0.5, 0.6) is 5.75 Å². The standard InChI is InChI=1S/C24H25N3O4S/c1-18-4-2-3-5-20(18)15-25-10-12-26(13-11-25)24(28)23-14-19(17-32-23)16-31-22-8-6-21(7-9-22)27(29)30/h2-9,14,17H,10-13,15-16H2,1H3. The van der Waals surface area contributed by atoms with Gasteiger partial charge in [0.2, 0.25) is 0 Å². The highest BCUT2D eigenvalue weighted by molar-refractivity contribution is 7.12. The molecule has 0 saturated carbocycles. The molecule has 4 rings (SSSR count). The van der Waals surface area contributed by atoms with Crippen molar-refractivity contribution < 1.29 is 14.5 Å². The largest absolute Gasteiger partial charge is 0.489 e. The Hall–Kier alpha value is -3.23.